The third-order valence-electron chi connectivity index (χ3n) is 7.63. The van der Waals surface area contributed by atoms with Gasteiger partial charge >= 0.3 is 16.5 Å². The summed E-state index contributed by atoms with van der Waals surface area (Å²) >= 11 is 2.95. The fourth-order valence-corrected chi connectivity index (χ4v) is 6.50. The molecule has 0 bridgehead atoms. The second-order valence-electron chi connectivity index (χ2n) is 9.38. The fourth-order valence-electron chi connectivity index (χ4n) is 6.07. The fraction of sp³-hybridized carbons (Fsp3) is 0.0323. The van der Waals surface area contributed by atoms with Gasteiger partial charge in [-0.05, 0) is 57.3 Å². The van der Waals surface area contributed by atoms with Gasteiger partial charge < -0.3 is 8.12 Å². The Morgan fingerprint density at radius 3 is 1.94 bits per heavy atom. The van der Waals surface area contributed by atoms with Crippen LogP contribution in [0.25, 0.3) is 75.9 Å². The number of benzene rings is 6. The van der Waals surface area contributed by atoms with Crippen molar-refractivity contribution in [2.24, 2.45) is 7.05 Å². The zero-order valence-electron chi connectivity index (χ0n) is 18.7. The lowest BCUT2D eigenvalue weighted by Gasteiger charge is -2.05. The summed E-state index contributed by atoms with van der Waals surface area (Å²) in [6.45, 7) is 0. The van der Waals surface area contributed by atoms with Gasteiger partial charge in [-0.3, -0.25) is 0 Å². The number of rotatable bonds is 0. The van der Waals surface area contributed by atoms with Crippen LogP contribution in [0.3, 0.4) is 0 Å². The van der Waals surface area contributed by atoms with Gasteiger partial charge in [0.05, 0.1) is 11.0 Å². The van der Waals surface area contributed by atoms with Crippen LogP contribution in [0.4, 0.5) is 0 Å². The molecule has 0 fully saturated rings. The van der Waals surface area contributed by atoms with Crippen molar-refractivity contribution < 1.29 is 0 Å². The van der Waals surface area contributed by atoms with Gasteiger partial charge in [0.15, 0.2) is 0 Å². The first-order chi connectivity index (χ1) is 16.7. The molecule has 0 aliphatic heterocycles. The summed E-state index contributed by atoms with van der Waals surface area (Å²) in [6, 6.07) is 35.8. The van der Waals surface area contributed by atoms with Gasteiger partial charge in [0.2, 0.25) is 0 Å². The van der Waals surface area contributed by atoms with Crippen molar-refractivity contribution in [2.45, 2.75) is 0 Å². The summed E-state index contributed by atoms with van der Waals surface area (Å²) in [7, 11) is 2.22. The minimum atomic E-state index is 1.24. The van der Waals surface area contributed by atoms with E-state index >= 15 is 0 Å². The zero-order valence-corrected chi connectivity index (χ0v) is 19.9. The molecule has 0 atom stereocenters. The van der Waals surface area contributed by atoms with Crippen LogP contribution in [0.5, 0.6) is 0 Å². The maximum atomic E-state index is 2.95. The summed E-state index contributed by atoms with van der Waals surface area (Å²) in [5.41, 5.74) is 5.08. The Balaban J connectivity index is 1.61. The van der Waals surface area contributed by atoms with E-state index in [1.807, 2.05) is 0 Å². The lowest BCUT2D eigenvalue weighted by molar-refractivity contribution is 1.02. The highest BCUT2D eigenvalue weighted by molar-refractivity contribution is 6.32. The Hall–Kier alpha value is -3.77. The Morgan fingerprint density at radius 2 is 1.15 bits per heavy atom. The van der Waals surface area contributed by atoms with E-state index in [9.17, 15) is 0 Å². The molecular formula is C31H19AlN2. The van der Waals surface area contributed by atoms with Crippen molar-refractivity contribution in [2.75, 3.05) is 0 Å². The number of aromatic nitrogens is 2. The zero-order chi connectivity index (χ0) is 22.6. The molecule has 2 radical (unpaired) electrons. The predicted octanol–water partition coefficient (Wildman–Crippen LogP) is 7.83. The first kappa shape index (κ1) is 18.6. The van der Waals surface area contributed by atoms with E-state index in [1.54, 1.807) is 0 Å². The highest BCUT2D eigenvalue weighted by Crippen LogP contribution is 2.41. The molecule has 8 aromatic rings. The van der Waals surface area contributed by atoms with Gasteiger partial charge in [-0.1, -0.05) is 66.7 Å². The smallest absolute Gasteiger partial charge is 0.318 e. The molecule has 8 rings (SSSR count). The van der Waals surface area contributed by atoms with Crippen molar-refractivity contribution in [3.63, 3.8) is 0 Å². The molecule has 0 saturated carbocycles. The molecule has 0 spiro atoms. The normalized spacial score (nSPS) is 12.4. The van der Waals surface area contributed by atoms with Crippen LogP contribution in [-0.4, -0.2) is 24.6 Å². The summed E-state index contributed by atoms with van der Waals surface area (Å²) in [5, 5.41) is 13.0. The van der Waals surface area contributed by atoms with Gasteiger partial charge in [0, 0.05) is 45.0 Å². The van der Waals surface area contributed by atoms with Gasteiger partial charge in [-0.15, -0.1) is 0 Å². The van der Waals surface area contributed by atoms with E-state index in [1.165, 1.54) is 75.9 Å². The van der Waals surface area contributed by atoms with Crippen LogP contribution in [0, 0.1) is 0 Å². The number of hydrogen-bond donors (Lipinski definition) is 0. The number of hydrogen-bond acceptors (Lipinski definition) is 0. The average Bonchev–Trinajstić information content (AvgIpc) is 3.32. The average molecular weight is 446 g/mol. The van der Waals surface area contributed by atoms with Crippen molar-refractivity contribution in [1.29, 1.82) is 0 Å². The molecule has 0 N–H and O–H groups in total. The molecule has 3 heteroatoms. The van der Waals surface area contributed by atoms with E-state index < -0.39 is 0 Å². The van der Waals surface area contributed by atoms with E-state index in [0.717, 1.165) is 0 Å². The van der Waals surface area contributed by atoms with E-state index in [2.05, 4.69) is 129 Å². The molecule has 2 aromatic heterocycles. The third kappa shape index (κ3) is 2.26. The summed E-state index contributed by atoms with van der Waals surface area (Å²) in [4.78, 5) is 0. The Kier molecular flexibility index (Phi) is 3.52. The largest absolute Gasteiger partial charge is 0.451 e. The van der Waals surface area contributed by atoms with E-state index in [4.69, 9.17) is 0 Å². The van der Waals surface area contributed by atoms with Crippen LogP contribution in [0.15, 0.2) is 97.1 Å². The van der Waals surface area contributed by atoms with Crippen LogP contribution >= 0.6 is 0 Å². The molecule has 0 saturated heterocycles. The first-order valence-electron chi connectivity index (χ1n) is 11.6. The maximum Gasteiger partial charge on any atom is 0.318 e. The Labute approximate surface area is 204 Å². The Bertz CT molecular complexity index is 2140. The van der Waals surface area contributed by atoms with Crippen molar-refractivity contribution in [1.82, 2.24) is 8.12 Å². The highest BCUT2D eigenvalue weighted by Gasteiger charge is 2.18. The van der Waals surface area contributed by atoms with Crippen molar-refractivity contribution in [3.05, 3.63) is 97.1 Å². The third-order valence-corrected chi connectivity index (χ3v) is 8.18. The molecule has 2 heterocycles. The molecular weight excluding hydrogens is 427 g/mol. The molecule has 156 valence electrons. The van der Waals surface area contributed by atoms with Crippen LogP contribution in [0.1, 0.15) is 0 Å². The summed E-state index contributed by atoms with van der Waals surface area (Å²) in [5.74, 6) is 0. The predicted molar refractivity (Wildman–Crippen MR) is 147 cm³/mol. The highest BCUT2D eigenvalue weighted by atomic mass is 27.1. The van der Waals surface area contributed by atoms with Gasteiger partial charge in [-0.2, -0.15) is 0 Å². The minimum absolute atomic E-state index is 1.24. The molecule has 0 aliphatic carbocycles. The Morgan fingerprint density at radius 1 is 0.500 bits per heavy atom. The molecule has 0 unspecified atom stereocenters. The van der Waals surface area contributed by atoms with Crippen LogP contribution < -0.4 is 0 Å². The number of nitrogens with zero attached hydrogens (tertiary/aromatic N) is 2. The molecule has 0 aliphatic rings. The lowest BCUT2D eigenvalue weighted by Crippen LogP contribution is -1.91. The van der Waals surface area contributed by atoms with Crippen LogP contribution in [-0.2, 0) is 7.05 Å². The minimum Gasteiger partial charge on any atom is -0.451 e. The van der Waals surface area contributed by atoms with Crippen molar-refractivity contribution >= 4 is 92.4 Å². The monoisotopic (exact) mass is 446 g/mol. The topological polar surface area (TPSA) is 9.86 Å². The number of fused-ring (bicyclic) bond motifs is 11. The van der Waals surface area contributed by atoms with Gasteiger partial charge in [0.1, 0.15) is 0 Å². The summed E-state index contributed by atoms with van der Waals surface area (Å²) in [6.07, 6.45) is 0. The van der Waals surface area contributed by atoms with Crippen LogP contribution in [0.2, 0.25) is 0 Å². The molecule has 0 amide bonds. The quantitative estimate of drug-likeness (QED) is 0.166. The van der Waals surface area contributed by atoms with Crippen molar-refractivity contribution in [3.8, 4) is 0 Å². The molecule has 2 nitrogen and oxygen atoms in total. The maximum absolute atomic E-state index is 2.95. The van der Waals surface area contributed by atoms with Gasteiger partial charge in [-0.25, -0.2) is 0 Å². The second-order valence-corrected chi connectivity index (χ2v) is 9.90. The SMILES string of the molecule is Cn1c2c3ccccc3ccc2c2ccc3c(c4cc5cc6ccccc6cc5cc4[n]3[Al])c21. The first-order valence-corrected chi connectivity index (χ1v) is 12.2. The standard InChI is InChI=1S/C31H19N2.Al/c1-33-30-23-9-5-4-6-18(23)10-11-24(30)25-12-13-27-29(31(25)33)26-16-21-14-19-7-2-3-8-20(19)15-22(21)17-28(26)32-27;/h2-17H,1H3;/q-1;+1. The van der Waals surface area contributed by atoms with E-state index in [0.29, 0.717) is 0 Å². The lowest BCUT2D eigenvalue weighted by atomic mass is 10.0. The van der Waals surface area contributed by atoms with E-state index in [-0.39, 0.29) is 0 Å². The number of aryl methyl sites for hydroxylation is 1. The second kappa shape index (κ2) is 6.42. The summed E-state index contributed by atoms with van der Waals surface area (Å²) < 4.78 is 4.68. The van der Waals surface area contributed by atoms with Gasteiger partial charge in [0.25, 0.3) is 0 Å². The molecule has 6 aromatic carbocycles. The molecule has 34 heavy (non-hydrogen) atoms.